The largest absolute Gasteiger partial charge is 0.384 e. The summed E-state index contributed by atoms with van der Waals surface area (Å²) in [5, 5.41) is 14.3. The van der Waals surface area contributed by atoms with Crippen LogP contribution in [0, 0.1) is 19.7 Å². The summed E-state index contributed by atoms with van der Waals surface area (Å²) in [4.78, 5) is 97.4. The van der Waals surface area contributed by atoms with Crippen molar-refractivity contribution in [3.05, 3.63) is 81.4 Å². The summed E-state index contributed by atoms with van der Waals surface area (Å²) in [6.07, 6.45) is 8.49. The standard InChI is InChI=1S/C46H56FN9O7/c1-28-36(26-33-32-25-30(47)13-14-34(32)52-42(33)59)51-29(2)40(28)44(61)50-19-10-20-54-21-23-55(24-22-54)27-39(58)49-18-8-6-4-3-5-7-17-48-35-12-9-11-31-41(35)46(63)56(45(31)62)37-15-16-38(57)53-43(37)60/h9,11-14,25-26,37,48,51H,3-8,10,15-24,27H2,1-2H3,(H,49,58)(H,50,61)(H,52,59)(H,53,57,60)/b33-26-. The third kappa shape index (κ3) is 10.5. The number of fused-ring (bicyclic) bond motifs is 2. The number of rotatable bonds is 19. The molecule has 2 aromatic carbocycles. The lowest BCUT2D eigenvalue weighted by Gasteiger charge is -2.34. The molecule has 6 N–H and O–H groups in total. The number of piperidine rings is 1. The van der Waals surface area contributed by atoms with Crippen LogP contribution in [0.1, 0.15) is 111 Å². The highest BCUT2D eigenvalue weighted by molar-refractivity contribution is 6.35. The van der Waals surface area contributed by atoms with Crippen LogP contribution in [0.3, 0.4) is 0 Å². The molecule has 2 fully saturated rings. The first kappa shape index (κ1) is 44.8. The fourth-order valence-corrected chi connectivity index (χ4v) is 8.80. The molecular formula is C46H56FN9O7. The molecule has 1 unspecified atom stereocenters. The average Bonchev–Trinajstić information content (AvgIpc) is 3.82. The minimum atomic E-state index is -0.995. The van der Waals surface area contributed by atoms with Gasteiger partial charge in [0.25, 0.3) is 23.6 Å². The van der Waals surface area contributed by atoms with Crippen molar-refractivity contribution < 1.29 is 38.0 Å². The first-order chi connectivity index (χ1) is 30.4. The number of anilines is 2. The Morgan fingerprint density at radius 1 is 0.810 bits per heavy atom. The Bertz CT molecular complexity index is 2320. The molecule has 4 aliphatic rings. The summed E-state index contributed by atoms with van der Waals surface area (Å²) in [7, 11) is 0. The van der Waals surface area contributed by atoms with E-state index in [4.69, 9.17) is 0 Å². The van der Waals surface area contributed by atoms with Gasteiger partial charge in [-0.25, -0.2) is 4.39 Å². The maximum Gasteiger partial charge on any atom is 0.264 e. The van der Waals surface area contributed by atoms with Crippen molar-refractivity contribution >= 4 is 64.4 Å². The minimum Gasteiger partial charge on any atom is -0.384 e. The maximum atomic E-state index is 13.9. The molecular weight excluding hydrogens is 810 g/mol. The molecule has 0 saturated carbocycles. The number of unbranched alkanes of at least 4 members (excludes halogenated alkanes) is 5. The SMILES string of the molecule is Cc1[nH]c(/C=C2\C(=O)Nc3ccc(F)cc32)c(C)c1C(=O)NCCCN1CCN(CC(=O)NCCCCCCCCNc2cccc3c2C(=O)N(C2CCC(=O)NC2=O)C3=O)CC1. The van der Waals surface area contributed by atoms with Crippen molar-refractivity contribution in [3.8, 4) is 0 Å². The summed E-state index contributed by atoms with van der Waals surface area (Å²) < 4.78 is 13.9. The number of halogens is 1. The molecule has 0 spiro atoms. The second-order valence-electron chi connectivity index (χ2n) is 16.7. The Hall–Kier alpha value is -6.20. The van der Waals surface area contributed by atoms with Crippen molar-refractivity contribution in [2.45, 2.75) is 77.7 Å². The Kier molecular flexibility index (Phi) is 14.5. The van der Waals surface area contributed by atoms with Gasteiger partial charge < -0.3 is 31.2 Å². The number of nitrogens with zero attached hydrogens (tertiary/aromatic N) is 3. The normalized spacial score (nSPS) is 18.4. The topological polar surface area (TPSA) is 205 Å². The van der Waals surface area contributed by atoms with E-state index >= 15 is 0 Å². The molecule has 1 aromatic heterocycles. The third-order valence-corrected chi connectivity index (χ3v) is 12.2. The number of carbonyl (C=O) groups excluding carboxylic acids is 7. The second-order valence-corrected chi connectivity index (χ2v) is 16.7. The molecule has 7 rings (SSSR count). The van der Waals surface area contributed by atoms with Gasteiger partial charge >= 0.3 is 0 Å². The fraction of sp³-hybridized carbons (Fsp3) is 0.457. The van der Waals surface area contributed by atoms with Crippen LogP contribution in [0.5, 0.6) is 0 Å². The molecule has 0 aliphatic carbocycles. The molecule has 2 saturated heterocycles. The van der Waals surface area contributed by atoms with Crippen molar-refractivity contribution in [3.63, 3.8) is 0 Å². The fourth-order valence-electron chi connectivity index (χ4n) is 8.80. The summed E-state index contributed by atoms with van der Waals surface area (Å²) in [6, 6.07) is 8.23. The molecule has 4 aliphatic heterocycles. The lowest BCUT2D eigenvalue weighted by atomic mass is 10.0. The van der Waals surface area contributed by atoms with E-state index in [2.05, 4.69) is 41.4 Å². The van der Waals surface area contributed by atoms with Crippen LogP contribution >= 0.6 is 0 Å². The summed E-state index contributed by atoms with van der Waals surface area (Å²) in [5.41, 5.74) is 5.03. The predicted molar refractivity (Wildman–Crippen MR) is 235 cm³/mol. The number of aromatic amines is 1. The van der Waals surface area contributed by atoms with E-state index in [0.29, 0.717) is 71.2 Å². The van der Waals surface area contributed by atoms with Crippen LogP contribution in [0.15, 0.2) is 36.4 Å². The molecule has 5 heterocycles. The van der Waals surface area contributed by atoms with Crippen molar-refractivity contribution in [1.82, 2.24) is 35.6 Å². The highest BCUT2D eigenvalue weighted by atomic mass is 19.1. The van der Waals surface area contributed by atoms with Gasteiger partial charge in [-0.1, -0.05) is 31.7 Å². The van der Waals surface area contributed by atoms with Gasteiger partial charge in [0.2, 0.25) is 17.7 Å². The van der Waals surface area contributed by atoms with Crippen molar-refractivity contribution in [1.29, 1.82) is 0 Å². The molecule has 63 heavy (non-hydrogen) atoms. The highest BCUT2D eigenvalue weighted by Crippen LogP contribution is 2.35. The molecule has 3 aromatic rings. The monoisotopic (exact) mass is 865 g/mol. The predicted octanol–water partition coefficient (Wildman–Crippen LogP) is 3.97. The minimum absolute atomic E-state index is 0.0324. The van der Waals surface area contributed by atoms with Crippen LogP contribution < -0.4 is 26.6 Å². The Labute approximate surface area is 365 Å². The Morgan fingerprint density at radius 2 is 1.52 bits per heavy atom. The van der Waals surface area contributed by atoms with E-state index in [-0.39, 0.29) is 41.7 Å². The van der Waals surface area contributed by atoms with Gasteiger partial charge in [-0.15, -0.1) is 0 Å². The summed E-state index contributed by atoms with van der Waals surface area (Å²) in [5.74, 6) is -2.99. The first-order valence-corrected chi connectivity index (χ1v) is 22.0. The molecule has 7 amide bonds. The Balaban J connectivity index is 0.713. The molecule has 17 heteroatoms. The number of aromatic nitrogens is 1. The number of H-pyrrole nitrogens is 1. The zero-order chi connectivity index (χ0) is 44.6. The Morgan fingerprint density at radius 3 is 2.29 bits per heavy atom. The zero-order valence-electron chi connectivity index (χ0n) is 35.9. The van der Waals surface area contributed by atoms with E-state index in [0.717, 1.165) is 82.6 Å². The summed E-state index contributed by atoms with van der Waals surface area (Å²) >= 11 is 0. The van der Waals surface area contributed by atoms with Gasteiger partial charge in [0.15, 0.2) is 0 Å². The van der Waals surface area contributed by atoms with E-state index in [1.807, 2.05) is 13.8 Å². The highest BCUT2D eigenvalue weighted by Gasteiger charge is 2.45. The van der Waals surface area contributed by atoms with E-state index in [1.54, 1.807) is 24.3 Å². The van der Waals surface area contributed by atoms with Crippen LogP contribution in [0.25, 0.3) is 11.6 Å². The van der Waals surface area contributed by atoms with Gasteiger partial charge in [0, 0.05) is 80.6 Å². The number of amides is 7. The molecule has 1 atom stereocenters. The number of imide groups is 2. The van der Waals surface area contributed by atoms with Crippen LogP contribution in [0.2, 0.25) is 0 Å². The first-order valence-electron chi connectivity index (χ1n) is 22.0. The number of carbonyl (C=O) groups is 7. The van der Waals surface area contributed by atoms with Crippen molar-refractivity contribution in [2.75, 3.05) is 69.5 Å². The third-order valence-electron chi connectivity index (χ3n) is 12.2. The molecule has 334 valence electrons. The number of nitrogens with one attached hydrogen (secondary N) is 6. The average molecular weight is 866 g/mol. The molecule has 0 bridgehead atoms. The van der Waals surface area contributed by atoms with Gasteiger partial charge in [-0.3, -0.25) is 48.7 Å². The summed E-state index contributed by atoms with van der Waals surface area (Å²) in [6.45, 7) is 9.91. The smallest absolute Gasteiger partial charge is 0.264 e. The van der Waals surface area contributed by atoms with Crippen LogP contribution in [0.4, 0.5) is 15.8 Å². The number of aryl methyl sites for hydroxylation is 1. The lowest BCUT2D eigenvalue weighted by Crippen LogP contribution is -2.54. The maximum absolute atomic E-state index is 13.9. The number of hydrogen-bond donors (Lipinski definition) is 6. The van der Waals surface area contributed by atoms with Gasteiger partial charge in [-0.2, -0.15) is 0 Å². The number of piperazine rings is 1. The quantitative estimate of drug-likeness (QED) is 0.0582. The van der Waals surface area contributed by atoms with E-state index in [9.17, 15) is 38.0 Å². The molecule has 0 radical (unpaired) electrons. The van der Waals surface area contributed by atoms with Crippen LogP contribution in [-0.4, -0.2) is 126 Å². The van der Waals surface area contributed by atoms with Gasteiger partial charge in [-0.05, 0) is 88.0 Å². The second kappa shape index (κ2) is 20.3. The van der Waals surface area contributed by atoms with Gasteiger partial charge in [0.05, 0.1) is 28.8 Å². The van der Waals surface area contributed by atoms with E-state index in [1.165, 1.54) is 18.2 Å². The van der Waals surface area contributed by atoms with Gasteiger partial charge in [0.1, 0.15) is 11.9 Å². The lowest BCUT2D eigenvalue weighted by molar-refractivity contribution is -0.136. The zero-order valence-corrected chi connectivity index (χ0v) is 35.9. The van der Waals surface area contributed by atoms with E-state index < -0.39 is 35.5 Å². The van der Waals surface area contributed by atoms with Crippen molar-refractivity contribution in [2.24, 2.45) is 0 Å². The van der Waals surface area contributed by atoms with Crippen LogP contribution in [-0.2, 0) is 19.2 Å². The number of benzene rings is 2. The molecule has 16 nitrogen and oxygen atoms in total. The number of hydrogen-bond acceptors (Lipinski definition) is 10.